The van der Waals surface area contributed by atoms with Crippen LogP contribution in [0.2, 0.25) is 0 Å². The minimum Gasteiger partial charge on any atom is -0.402 e. The van der Waals surface area contributed by atoms with Crippen LogP contribution in [-0.2, 0) is 4.57 Å². The van der Waals surface area contributed by atoms with Gasteiger partial charge in [0.25, 0.3) is 0 Å². The number of aliphatic hydroxyl groups is 4. The summed E-state index contributed by atoms with van der Waals surface area (Å²) < 4.78 is 3.47. The van der Waals surface area contributed by atoms with Crippen LogP contribution in [0, 0.1) is 0 Å². The smallest absolute Gasteiger partial charge is 0.402 e. The van der Waals surface area contributed by atoms with Gasteiger partial charge in [0.1, 0.15) is 0 Å². The first-order valence-electron chi connectivity index (χ1n) is 6.90. The Balaban J connectivity index is -0.000000262. The van der Waals surface area contributed by atoms with Gasteiger partial charge in [-0.3, -0.25) is 0 Å². The molecule has 11 heteroatoms. The molecule has 0 aliphatic heterocycles. The first-order chi connectivity index (χ1) is 9.63. The predicted molar refractivity (Wildman–Crippen MR) is 86.7 cm³/mol. The second-order valence-electron chi connectivity index (χ2n) is 7.02. The van der Waals surface area contributed by atoms with Crippen LogP contribution in [0.5, 0.6) is 0 Å². The molecular weight excluding hydrogens is 310 g/mol. The fourth-order valence-electron chi connectivity index (χ4n) is 0.109. The van der Waals surface area contributed by atoms with Crippen molar-refractivity contribution in [3.63, 3.8) is 0 Å². The SMILES string of the molecule is CC(C)(O)C(C)(C)O.CC(C)(O)C(C)(C)O.OB(O)OB(O)O. The van der Waals surface area contributed by atoms with Gasteiger partial charge in [0.15, 0.2) is 0 Å². The molecule has 0 rings (SSSR count). The second-order valence-corrected chi connectivity index (χ2v) is 7.02. The first-order valence-corrected chi connectivity index (χ1v) is 6.90. The summed E-state index contributed by atoms with van der Waals surface area (Å²) in [5.41, 5.74) is -4.03. The summed E-state index contributed by atoms with van der Waals surface area (Å²) in [6.45, 7) is 12.6. The van der Waals surface area contributed by atoms with E-state index in [9.17, 15) is 0 Å². The average Bonchev–Trinajstić information content (AvgIpc) is 2.09. The molecule has 0 aliphatic carbocycles. The van der Waals surface area contributed by atoms with Gasteiger partial charge in [-0.1, -0.05) is 0 Å². The molecule has 0 saturated heterocycles. The zero-order valence-corrected chi connectivity index (χ0v) is 15.1. The van der Waals surface area contributed by atoms with Crippen LogP contribution in [0.4, 0.5) is 0 Å². The van der Waals surface area contributed by atoms with Crippen molar-refractivity contribution in [1.29, 1.82) is 0 Å². The van der Waals surface area contributed by atoms with E-state index in [1.807, 2.05) is 0 Å². The molecule has 140 valence electrons. The van der Waals surface area contributed by atoms with E-state index in [1.54, 1.807) is 55.4 Å². The fraction of sp³-hybridized carbons (Fsp3) is 1.00. The molecule has 8 N–H and O–H groups in total. The Morgan fingerprint density at radius 1 is 0.478 bits per heavy atom. The highest BCUT2D eigenvalue weighted by molar-refractivity contribution is 6.48. The summed E-state index contributed by atoms with van der Waals surface area (Å²) in [5, 5.41) is 67.4. The van der Waals surface area contributed by atoms with Gasteiger partial charge in [0.05, 0.1) is 22.4 Å². The molecule has 0 unspecified atom stereocenters. The van der Waals surface area contributed by atoms with E-state index < -0.39 is 37.0 Å². The second kappa shape index (κ2) is 9.92. The van der Waals surface area contributed by atoms with Crippen LogP contribution in [-0.4, -0.2) is 77.6 Å². The molecular formula is C12H32B2O9. The summed E-state index contributed by atoms with van der Waals surface area (Å²) in [4.78, 5) is 0. The number of rotatable bonds is 4. The lowest BCUT2D eigenvalue weighted by atomic mass is 9.90. The van der Waals surface area contributed by atoms with Crippen LogP contribution in [0.15, 0.2) is 0 Å². The fourth-order valence-corrected chi connectivity index (χ4v) is 0.109. The lowest BCUT2D eigenvalue weighted by molar-refractivity contribution is -0.107. The third-order valence-electron chi connectivity index (χ3n) is 3.24. The Labute approximate surface area is 138 Å². The summed E-state index contributed by atoms with van der Waals surface area (Å²) in [7, 11) is -4.25. The summed E-state index contributed by atoms with van der Waals surface area (Å²) >= 11 is 0. The maximum absolute atomic E-state index is 9.10. The molecule has 0 aromatic rings. The molecule has 0 radical (unpaired) electrons. The molecule has 9 nitrogen and oxygen atoms in total. The summed E-state index contributed by atoms with van der Waals surface area (Å²) in [6.07, 6.45) is 0. The van der Waals surface area contributed by atoms with Crippen molar-refractivity contribution < 1.29 is 45.1 Å². The quantitative estimate of drug-likeness (QED) is 0.269. The largest absolute Gasteiger partial charge is 0.621 e. The van der Waals surface area contributed by atoms with Gasteiger partial charge < -0.3 is 45.1 Å². The van der Waals surface area contributed by atoms with E-state index >= 15 is 0 Å². The summed E-state index contributed by atoms with van der Waals surface area (Å²) in [5.74, 6) is 0. The van der Waals surface area contributed by atoms with Gasteiger partial charge in [0, 0.05) is 0 Å². The predicted octanol–water partition coefficient (Wildman–Crippen LogP) is -2.00. The van der Waals surface area contributed by atoms with Crippen molar-refractivity contribution in [3.05, 3.63) is 0 Å². The lowest BCUT2D eigenvalue weighted by Gasteiger charge is -2.31. The van der Waals surface area contributed by atoms with Crippen molar-refractivity contribution in [2.24, 2.45) is 0 Å². The Bertz CT molecular complexity index is 242. The molecule has 0 heterocycles. The van der Waals surface area contributed by atoms with Crippen molar-refractivity contribution in [2.75, 3.05) is 0 Å². The highest BCUT2D eigenvalue weighted by Crippen LogP contribution is 2.19. The van der Waals surface area contributed by atoms with Crippen molar-refractivity contribution in [2.45, 2.75) is 77.8 Å². The van der Waals surface area contributed by atoms with Gasteiger partial charge in [-0.2, -0.15) is 0 Å². The summed E-state index contributed by atoms with van der Waals surface area (Å²) in [6, 6.07) is 0. The van der Waals surface area contributed by atoms with Crippen LogP contribution >= 0.6 is 0 Å². The third-order valence-corrected chi connectivity index (χ3v) is 3.24. The maximum atomic E-state index is 9.10. The minimum absolute atomic E-state index is 1.01. The van der Waals surface area contributed by atoms with Crippen molar-refractivity contribution in [3.8, 4) is 0 Å². The highest BCUT2D eigenvalue weighted by Gasteiger charge is 2.32. The third kappa shape index (κ3) is 18.0. The van der Waals surface area contributed by atoms with Crippen LogP contribution in [0.3, 0.4) is 0 Å². The molecule has 0 saturated carbocycles. The number of hydrogen-bond acceptors (Lipinski definition) is 9. The first kappa shape index (κ1) is 27.6. The van der Waals surface area contributed by atoms with Gasteiger partial charge in [-0.05, 0) is 55.4 Å². The van der Waals surface area contributed by atoms with Gasteiger partial charge >= 0.3 is 14.6 Å². The molecule has 0 spiro atoms. The molecule has 0 aliphatic rings. The highest BCUT2D eigenvalue weighted by atomic mass is 16.7. The minimum atomic E-state index is -2.13. The van der Waals surface area contributed by atoms with Crippen LogP contribution < -0.4 is 0 Å². The van der Waals surface area contributed by atoms with E-state index in [1.165, 1.54) is 0 Å². The van der Waals surface area contributed by atoms with Gasteiger partial charge in [-0.25, -0.2) is 0 Å². The molecule has 0 bridgehead atoms. The molecule has 0 atom stereocenters. The standard InChI is InChI=1S/2C6H14O2.B2H4O5/c2*1-5(2,7)6(3,4)8;3-1(4)7-2(5)6/h2*7-8H,1-4H3;3-6H. The molecule has 0 aromatic heterocycles. The van der Waals surface area contributed by atoms with E-state index in [2.05, 4.69) is 4.57 Å². The van der Waals surface area contributed by atoms with E-state index in [4.69, 9.17) is 40.5 Å². The Morgan fingerprint density at radius 3 is 0.609 bits per heavy atom. The zero-order chi connectivity index (χ0) is 19.9. The molecule has 0 aromatic carbocycles. The van der Waals surface area contributed by atoms with E-state index in [0.29, 0.717) is 0 Å². The lowest BCUT2D eigenvalue weighted by Crippen LogP contribution is -2.44. The Kier molecular flexibility index (Phi) is 11.9. The topological polar surface area (TPSA) is 171 Å². The van der Waals surface area contributed by atoms with Crippen molar-refractivity contribution in [1.82, 2.24) is 0 Å². The monoisotopic (exact) mass is 342 g/mol. The Hall–Kier alpha value is -0.230. The average molecular weight is 342 g/mol. The molecule has 23 heavy (non-hydrogen) atoms. The van der Waals surface area contributed by atoms with Gasteiger partial charge in [-0.15, -0.1) is 0 Å². The maximum Gasteiger partial charge on any atom is 0.621 e. The normalized spacial score (nSPS) is 12.5. The number of hydrogen-bond donors (Lipinski definition) is 8. The van der Waals surface area contributed by atoms with Crippen LogP contribution in [0.25, 0.3) is 0 Å². The van der Waals surface area contributed by atoms with E-state index in [0.717, 1.165) is 0 Å². The van der Waals surface area contributed by atoms with E-state index in [-0.39, 0.29) is 0 Å². The molecule has 0 fully saturated rings. The Morgan fingerprint density at radius 2 is 0.609 bits per heavy atom. The molecule has 0 amide bonds. The van der Waals surface area contributed by atoms with Crippen LogP contribution in [0.1, 0.15) is 55.4 Å². The zero-order valence-electron chi connectivity index (χ0n) is 15.1. The van der Waals surface area contributed by atoms with Crippen molar-refractivity contribution >= 4 is 14.6 Å². The van der Waals surface area contributed by atoms with Gasteiger partial charge in [0.2, 0.25) is 0 Å².